The van der Waals surface area contributed by atoms with Crippen molar-refractivity contribution in [1.29, 1.82) is 0 Å². The zero-order valence-corrected chi connectivity index (χ0v) is 11.4. The largest absolute Gasteiger partial charge is 0.340 e. The maximum absolute atomic E-state index is 12.0. The molecular formula is C15H15N3O2. The average Bonchev–Trinajstić information content (AvgIpc) is 2.72. The highest BCUT2D eigenvalue weighted by Crippen LogP contribution is 2.06. The number of carbonyl (C=O) groups is 1. The second-order valence-electron chi connectivity index (χ2n) is 4.20. The first-order valence-electron chi connectivity index (χ1n) is 6.17. The summed E-state index contributed by atoms with van der Waals surface area (Å²) in [5.74, 6) is 4.56. The van der Waals surface area contributed by atoms with Crippen molar-refractivity contribution in [3.8, 4) is 17.5 Å². The second kappa shape index (κ2) is 5.93. The Balaban J connectivity index is 2.28. The van der Waals surface area contributed by atoms with Crippen LogP contribution in [0.2, 0.25) is 0 Å². The molecule has 0 spiro atoms. The summed E-state index contributed by atoms with van der Waals surface area (Å²) in [6.07, 6.45) is 0. The first-order chi connectivity index (χ1) is 9.63. The van der Waals surface area contributed by atoms with E-state index in [9.17, 15) is 9.59 Å². The predicted molar refractivity (Wildman–Crippen MR) is 76.3 cm³/mol. The molecule has 5 nitrogen and oxygen atoms in total. The lowest BCUT2D eigenvalue weighted by Crippen LogP contribution is -2.23. The average molecular weight is 269 g/mol. The standard InChI is InChI=1S/C15H15N3O2/c1-3-7-14(19)16-11-13-10-15(20)18(17(13)2)12-8-5-4-6-9-12/h4-6,8-10H,11H2,1-2H3,(H,16,19). The molecular weight excluding hydrogens is 254 g/mol. The van der Waals surface area contributed by atoms with Gasteiger partial charge in [0.25, 0.3) is 11.5 Å². The van der Waals surface area contributed by atoms with Crippen LogP contribution < -0.4 is 10.9 Å². The van der Waals surface area contributed by atoms with Gasteiger partial charge in [0.1, 0.15) is 0 Å². The molecule has 0 aliphatic rings. The van der Waals surface area contributed by atoms with Crippen molar-refractivity contribution in [2.75, 3.05) is 0 Å². The fraction of sp³-hybridized carbons (Fsp3) is 0.200. The Hall–Kier alpha value is -2.74. The minimum absolute atomic E-state index is 0.135. The zero-order chi connectivity index (χ0) is 14.5. The van der Waals surface area contributed by atoms with E-state index in [1.165, 1.54) is 6.07 Å². The summed E-state index contributed by atoms with van der Waals surface area (Å²) in [4.78, 5) is 23.3. The number of rotatable bonds is 3. The van der Waals surface area contributed by atoms with Crippen LogP contribution >= 0.6 is 0 Å². The summed E-state index contributed by atoms with van der Waals surface area (Å²) < 4.78 is 3.27. The van der Waals surface area contributed by atoms with Gasteiger partial charge in [-0.25, -0.2) is 4.68 Å². The molecule has 0 aliphatic carbocycles. The number of nitrogens with one attached hydrogen (secondary N) is 1. The number of para-hydroxylation sites is 1. The molecule has 1 amide bonds. The van der Waals surface area contributed by atoms with Crippen LogP contribution in [0.3, 0.4) is 0 Å². The van der Waals surface area contributed by atoms with E-state index >= 15 is 0 Å². The Bertz CT molecular complexity index is 730. The SMILES string of the molecule is CC#CC(=O)NCc1cc(=O)n(-c2ccccc2)n1C. The molecule has 0 bridgehead atoms. The molecule has 2 rings (SSSR count). The Kier molecular flexibility index (Phi) is 4.06. The Morgan fingerprint density at radius 1 is 1.30 bits per heavy atom. The van der Waals surface area contributed by atoms with Crippen molar-refractivity contribution in [2.45, 2.75) is 13.5 Å². The van der Waals surface area contributed by atoms with Crippen molar-refractivity contribution >= 4 is 5.91 Å². The fourth-order valence-corrected chi connectivity index (χ4v) is 1.94. The highest BCUT2D eigenvalue weighted by Gasteiger charge is 2.10. The van der Waals surface area contributed by atoms with Crippen LogP contribution in [0.4, 0.5) is 0 Å². The second-order valence-corrected chi connectivity index (χ2v) is 4.20. The molecule has 1 aromatic carbocycles. The highest BCUT2D eigenvalue weighted by molar-refractivity contribution is 5.93. The molecule has 1 N–H and O–H groups in total. The summed E-state index contributed by atoms with van der Waals surface area (Å²) in [5, 5.41) is 2.65. The summed E-state index contributed by atoms with van der Waals surface area (Å²) in [7, 11) is 1.78. The molecule has 0 unspecified atom stereocenters. The maximum Gasteiger partial charge on any atom is 0.296 e. The van der Waals surface area contributed by atoms with Crippen molar-refractivity contribution in [1.82, 2.24) is 14.7 Å². The van der Waals surface area contributed by atoms with Crippen LogP contribution in [0.1, 0.15) is 12.6 Å². The molecule has 0 atom stereocenters. The van der Waals surface area contributed by atoms with Gasteiger partial charge in [0.2, 0.25) is 0 Å². The fourth-order valence-electron chi connectivity index (χ4n) is 1.94. The smallest absolute Gasteiger partial charge is 0.296 e. The van der Waals surface area contributed by atoms with Crippen LogP contribution in [0.25, 0.3) is 5.69 Å². The third-order valence-electron chi connectivity index (χ3n) is 2.88. The van der Waals surface area contributed by atoms with Gasteiger partial charge in [-0.2, -0.15) is 0 Å². The van der Waals surface area contributed by atoms with Gasteiger partial charge in [-0.3, -0.25) is 14.3 Å². The lowest BCUT2D eigenvalue weighted by molar-refractivity contribution is -0.115. The van der Waals surface area contributed by atoms with E-state index in [2.05, 4.69) is 17.2 Å². The zero-order valence-electron chi connectivity index (χ0n) is 11.4. The van der Waals surface area contributed by atoms with Gasteiger partial charge in [-0.1, -0.05) is 24.1 Å². The summed E-state index contributed by atoms with van der Waals surface area (Å²) in [6, 6.07) is 10.8. The number of benzene rings is 1. The summed E-state index contributed by atoms with van der Waals surface area (Å²) in [6.45, 7) is 1.86. The highest BCUT2D eigenvalue weighted by atomic mass is 16.1. The van der Waals surface area contributed by atoms with Crippen LogP contribution in [-0.2, 0) is 18.4 Å². The van der Waals surface area contributed by atoms with Crippen molar-refractivity contribution in [3.63, 3.8) is 0 Å². The molecule has 0 radical (unpaired) electrons. The Morgan fingerprint density at radius 2 is 2.00 bits per heavy atom. The molecule has 2 aromatic rings. The first-order valence-corrected chi connectivity index (χ1v) is 6.17. The molecule has 20 heavy (non-hydrogen) atoms. The van der Waals surface area contributed by atoms with E-state index in [0.717, 1.165) is 5.69 Å². The van der Waals surface area contributed by atoms with E-state index in [1.807, 2.05) is 30.3 Å². The van der Waals surface area contributed by atoms with Crippen LogP contribution in [0, 0.1) is 11.8 Å². The van der Waals surface area contributed by atoms with Crippen LogP contribution in [-0.4, -0.2) is 15.3 Å². The van der Waals surface area contributed by atoms with E-state index in [-0.39, 0.29) is 18.0 Å². The van der Waals surface area contributed by atoms with Crippen molar-refractivity contribution in [3.05, 3.63) is 52.4 Å². The lowest BCUT2D eigenvalue weighted by atomic mass is 10.3. The quantitative estimate of drug-likeness (QED) is 0.839. The number of amides is 1. The monoisotopic (exact) mass is 269 g/mol. The third-order valence-corrected chi connectivity index (χ3v) is 2.88. The Labute approximate surface area is 116 Å². The molecule has 0 saturated carbocycles. The predicted octanol–water partition coefficient (Wildman–Crippen LogP) is 0.815. The van der Waals surface area contributed by atoms with Gasteiger partial charge in [0.15, 0.2) is 0 Å². The van der Waals surface area contributed by atoms with Crippen LogP contribution in [0.15, 0.2) is 41.2 Å². The van der Waals surface area contributed by atoms with E-state index in [1.54, 1.807) is 23.3 Å². The first kappa shape index (κ1) is 13.7. The van der Waals surface area contributed by atoms with Gasteiger partial charge in [-0.05, 0) is 25.0 Å². The molecule has 1 aromatic heterocycles. The number of aromatic nitrogens is 2. The molecule has 0 aliphatic heterocycles. The maximum atomic E-state index is 12.0. The van der Waals surface area contributed by atoms with Crippen LogP contribution in [0.5, 0.6) is 0 Å². The summed E-state index contributed by atoms with van der Waals surface area (Å²) in [5.41, 5.74) is 1.36. The van der Waals surface area contributed by atoms with E-state index in [0.29, 0.717) is 5.69 Å². The minimum atomic E-state index is -0.354. The molecule has 5 heteroatoms. The van der Waals surface area contributed by atoms with Gasteiger partial charge in [0, 0.05) is 13.1 Å². The molecule has 1 heterocycles. The topological polar surface area (TPSA) is 56.0 Å². The molecule has 0 fully saturated rings. The normalized spacial score (nSPS) is 9.70. The third kappa shape index (κ3) is 2.81. The number of hydrogen-bond donors (Lipinski definition) is 1. The van der Waals surface area contributed by atoms with Crippen molar-refractivity contribution in [2.24, 2.45) is 7.05 Å². The van der Waals surface area contributed by atoms with Gasteiger partial charge in [-0.15, -0.1) is 0 Å². The van der Waals surface area contributed by atoms with Crippen molar-refractivity contribution < 1.29 is 4.79 Å². The number of carbonyl (C=O) groups excluding carboxylic acids is 1. The number of hydrogen-bond acceptors (Lipinski definition) is 2. The molecule has 0 saturated heterocycles. The van der Waals surface area contributed by atoms with E-state index in [4.69, 9.17) is 0 Å². The van der Waals surface area contributed by atoms with E-state index < -0.39 is 0 Å². The Morgan fingerprint density at radius 3 is 2.65 bits per heavy atom. The van der Waals surface area contributed by atoms with Gasteiger partial charge < -0.3 is 5.32 Å². The van der Waals surface area contributed by atoms with Gasteiger partial charge >= 0.3 is 0 Å². The summed E-state index contributed by atoms with van der Waals surface area (Å²) >= 11 is 0. The minimum Gasteiger partial charge on any atom is -0.340 e. The lowest BCUT2D eigenvalue weighted by Gasteiger charge is -2.09. The number of nitrogens with zero attached hydrogens (tertiary/aromatic N) is 2. The van der Waals surface area contributed by atoms with Gasteiger partial charge in [0.05, 0.1) is 17.9 Å². The molecule has 102 valence electrons.